The second-order valence-corrected chi connectivity index (χ2v) is 2.73. The van der Waals surface area contributed by atoms with Crippen molar-refractivity contribution < 1.29 is 31.5 Å². The largest absolute Gasteiger partial charge is 0.454 e. The smallest absolute Gasteiger partial charge is 0.435 e. The molecule has 0 spiro atoms. The van der Waals surface area contributed by atoms with Crippen molar-refractivity contribution in [3.63, 3.8) is 0 Å². The second kappa shape index (κ2) is 4.46. The molecule has 0 aliphatic heterocycles. The van der Waals surface area contributed by atoms with Crippen LogP contribution in [-0.4, -0.2) is 18.6 Å². The van der Waals surface area contributed by atoms with Crippen molar-refractivity contribution in [2.75, 3.05) is 0 Å². The Bertz CT molecular complexity index is 368. The van der Waals surface area contributed by atoms with Crippen LogP contribution in [0, 0.1) is 0 Å². The molecule has 0 fully saturated rings. The van der Waals surface area contributed by atoms with Crippen LogP contribution in [0.5, 0.6) is 5.75 Å². The number of alkyl halides is 5. The van der Waals surface area contributed by atoms with Crippen molar-refractivity contribution in [3.8, 4) is 5.75 Å². The van der Waals surface area contributed by atoms with Crippen LogP contribution < -0.4 is 4.74 Å². The number of halogens is 5. The molecular formula is C9H5F5O2. The van der Waals surface area contributed by atoms with Crippen molar-refractivity contribution in [1.29, 1.82) is 0 Å². The average Bonchev–Trinajstić information content (AvgIpc) is 2.15. The first-order chi connectivity index (χ1) is 7.30. The highest BCUT2D eigenvalue weighted by Gasteiger charge is 2.39. The molecule has 0 aromatic heterocycles. The number of carbonyl (C=O) groups excluding carboxylic acids is 1. The highest BCUT2D eigenvalue weighted by molar-refractivity contribution is 6.00. The first kappa shape index (κ1) is 12.4. The van der Waals surface area contributed by atoms with Gasteiger partial charge in [-0.2, -0.15) is 22.0 Å². The Morgan fingerprint density at radius 3 is 2.00 bits per heavy atom. The lowest BCUT2D eigenvalue weighted by Gasteiger charge is -2.07. The van der Waals surface area contributed by atoms with Gasteiger partial charge in [0.15, 0.2) is 0 Å². The highest BCUT2D eigenvalue weighted by atomic mass is 19.4. The first-order valence-electron chi connectivity index (χ1n) is 3.97. The van der Waals surface area contributed by atoms with Crippen LogP contribution in [0.25, 0.3) is 0 Å². The fraction of sp³-hybridized carbons (Fsp3) is 0.222. The first-order valence-corrected chi connectivity index (χ1v) is 3.97. The van der Waals surface area contributed by atoms with Gasteiger partial charge in [0.25, 0.3) is 5.78 Å². The van der Waals surface area contributed by atoms with Crippen molar-refractivity contribution in [3.05, 3.63) is 29.8 Å². The minimum Gasteiger partial charge on any atom is -0.435 e. The number of ether oxygens (including phenoxy) is 1. The zero-order chi connectivity index (χ0) is 12.3. The summed E-state index contributed by atoms with van der Waals surface area (Å²) in [6.07, 6.45) is -4.98. The topological polar surface area (TPSA) is 26.3 Å². The Morgan fingerprint density at radius 2 is 1.62 bits per heavy atom. The predicted molar refractivity (Wildman–Crippen MR) is 43.5 cm³/mol. The van der Waals surface area contributed by atoms with Crippen LogP contribution in [-0.2, 0) is 0 Å². The molecule has 2 nitrogen and oxygen atoms in total. The maximum absolute atomic E-state index is 11.9. The molecule has 0 saturated carbocycles. The summed E-state index contributed by atoms with van der Waals surface area (Å²) in [5.41, 5.74) is -0.630. The van der Waals surface area contributed by atoms with Crippen LogP contribution in [0.4, 0.5) is 22.0 Å². The minimum absolute atomic E-state index is 0.311. The fourth-order valence-electron chi connectivity index (χ4n) is 0.951. The van der Waals surface area contributed by atoms with Crippen LogP contribution in [0.1, 0.15) is 10.4 Å². The molecule has 0 radical (unpaired) electrons. The van der Waals surface area contributed by atoms with E-state index in [9.17, 15) is 26.7 Å². The molecule has 0 N–H and O–H groups in total. The monoisotopic (exact) mass is 240 g/mol. The number of rotatable bonds is 3. The third kappa shape index (κ3) is 3.18. The lowest BCUT2D eigenvalue weighted by molar-refractivity contribution is -0.0885. The molecule has 16 heavy (non-hydrogen) atoms. The summed E-state index contributed by atoms with van der Waals surface area (Å²) < 4.78 is 63.1. The van der Waals surface area contributed by atoms with E-state index >= 15 is 0 Å². The Kier molecular flexibility index (Phi) is 3.46. The van der Waals surface area contributed by atoms with Gasteiger partial charge in [-0.1, -0.05) is 0 Å². The van der Waals surface area contributed by atoms with Gasteiger partial charge >= 0.3 is 12.8 Å². The number of benzene rings is 1. The molecule has 1 rings (SSSR count). The van der Waals surface area contributed by atoms with E-state index in [1.165, 1.54) is 0 Å². The van der Waals surface area contributed by atoms with Gasteiger partial charge in [0.05, 0.1) is 0 Å². The minimum atomic E-state index is -4.98. The molecule has 0 aliphatic rings. The van der Waals surface area contributed by atoms with Gasteiger partial charge in [0, 0.05) is 5.56 Å². The maximum atomic E-state index is 11.9. The Balaban J connectivity index is 2.83. The van der Waals surface area contributed by atoms with Gasteiger partial charge in [-0.05, 0) is 24.3 Å². The number of ketones is 1. The Morgan fingerprint density at radius 1 is 1.12 bits per heavy atom. The van der Waals surface area contributed by atoms with Gasteiger partial charge in [-0.3, -0.25) is 4.79 Å². The molecule has 0 aliphatic carbocycles. The maximum Gasteiger partial charge on any atom is 0.454 e. The number of carbonyl (C=O) groups is 1. The van der Waals surface area contributed by atoms with Gasteiger partial charge in [-0.25, -0.2) is 0 Å². The van der Waals surface area contributed by atoms with E-state index in [4.69, 9.17) is 0 Å². The van der Waals surface area contributed by atoms with E-state index < -0.39 is 24.1 Å². The van der Waals surface area contributed by atoms with Crippen molar-refractivity contribution in [1.82, 2.24) is 0 Å². The van der Waals surface area contributed by atoms with Gasteiger partial charge in [0.2, 0.25) is 0 Å². The Hall–Kier alpha value is -1.66. The lowest BCUT2D eigenvalue weighted by Crippen LogP contribution is -2.22. The molecule has 0 atom stereocenters. The van der Waals surface area contributed by atoms with Crippen LogP contribution in [0.3, 0.4) is 0 Å². The van der Waals surface area contributed by atoms with Crippen molar-refractivity contribution in [2.45, 2.75) is 12.8 Å². The molecular weight excluding hydrogens is 235 g/mol. The van der Waals surface area contributed by atoms with E-state index in [0.717, 1.165) is 24.3 Å². The van der Waals surface area contributed by atoms with E-state index in [1.54, 1.807) is 0 Å². The zero-order valence-electron chi connectivity index (χ0n) is 7.59. The summed E-state index contributed by atoms with van der Waals surface area (Å²) in [6, 6.07) is 3.28. The predicted octanol–water partition coefficient (Wildman–Crippen LogP) is 3.03. The van der Waals surface area contributed by atoms with E-state index in [0.29, 0.717) is 0 Å². The molecule has 0 saturated heterocycles. The molecule has 7 heteroatoms. The SMILES string of the molecule is O=C(c1ccc(OC(F)F)cc1)C(F)(F)F. The summed E-state index contributed by atoms with van der Waals surface area (Å²) in [7, 11) is 0. The Labute approximate surface area is 86.6 Å². The molecule has 0 amide bonds. The molecule has 0 heterocycles. The normalized spacial score (nSPS) is 11.6. The highest BCUT2D eigenvalue weighted by Crippen LogP contribution is 2.23. The zero-order valence-corrected chi connectivity index (χ0v) is 7.59. The van der Waals surface area contributed by atoms with Crippen LogP contribution in [0.2, 0.25) is 0 Å². The summed E-state index contributed by atoms with van der Waals surface area (Å²) >= 11 is 0. The standard InChI is InChI=1S/C9H5F5O2/c10-8(11)16-6-3-1-5(2-4-6)7(15)9(12,13)14/h1-4,8H. The molecule has 88 valence electrons. The molecule has 0 unspecified atom stereocenters. The van der Waals surface area contributed by atoms with E-state index in [1.807, 2.05) is 0 Å². The number of hydrogen-bond donors (Lipinski definition) is 0. The molecule has 1 aromatic rings. The van der Waals surface area contributed by atoms with Crippen LogP contribution >= 0.6 is 0 Å². The summed E-state index contributed by atoms with van der Waals surface area (Å²) in [5, 5.41) is 0. The van der Waals surface area contributed by atoms with Gasteiger partial charge in [-0.15, -0.1) is 0 Å². The summed E-state index contributed by atoms with van der Waals surface area (Å²) in [5.74, 6) is -2.34. The van der Waals surface area contributed by atoms with Crippen molar-refractivity contribution in [2.24, 2.45) is 0 Å². The third-order valence-corrected chi connectivity index (χ3v) is 1.60. The molecule has 0 bridgehead atoms. The van der Waals surface area contributed by atoms with Crippen molar-refractivity contribution >= 4 is 5.78 Å². The lowest BCUT2D eigenvalue weighted by atomic mass is 10.1. The quantitative estimate of drug-likeness (QED) is 0.599. The average molecular weight is 240 g/mol. The van der Waals surface area contributed by atoms with Gasteiger partial charge < -0.3 is 4.74 Å². The second-order valence-electron chi connectivity index (χ2n) is 2.73. The van der Waals surface area contributed by atoms with E-state index in [-0.39, 0.29) is 5.75 Å². The summed E-state index contributed by atoms with van der Waals surface area (Å²) in [6.45, 7) is -3.07. The third-order valence-electron chi connectivity index (χ3n) is 1.60. The van der Waals surface area contributed by atoms with E-state index in [2.05, 4.69) is 4.74 Å². The molecule has 1 aromatic carbocycles. The fourth-order valence-corrected chi connectivity index (χ4v) is 0.951. The number of Topliss-reactive ketones (excluding diaryl/α,β-unsaturated/α-hetero) is 1. The van der Waals surface area contributed by atoms with Crippen LogP contribution in [0.15, 0.2) is 24.3 Å². The number of hydrogen-bond acceptors (Lipinski definition) is 2. The summed E-state index contributed by atoms with van der Waals surface area (Å²) in [4.78, 5) is 10.7. The van der Waals surface area contributed by atoms with Gasteiger partial charge in [0.1, 0.15) is 5.75 Å².